The molecule has 4 rings (SSSR count). The summed E-state index contributed by atoms with van der Waals surface area (Å²) in [7, 11) is 1.43. The van der Waals surface area contributed by atoms with E-state index in [1.807, 2.05) is 0 Å². The molecule has 1 aliphatic carbocycles. The number of hydrogen-bond acceptors (Lipinski definition) is 4. The minimum absolute atomic E-state index is 0.291. The van der Waals surface area contributed by atoms with Crippen LogP contribution < -0.4 is 10.1 Å². The van der Waals surface area contributed by atoms with Crippen molar-refractivity contribution in [3.8, 4) is 5.75 Å². The Morgan fingerprint density at radius 1 is 1.27 bits per heavy atom. The number of nitrogens with zero attached hydrogens (tertiary/aromatic N) is 1. The van der Waals surface area contributed by atoms with Crippen LogP contribution in [0.3, 0.4) is 0 Å². The monoisotopic (exact) mass is 439 g/mol. The second kappa shape index (κ2) is 6.78. The molecule has 5 nitrogen and oxygen atoms in total. The first-order valence-corrected chi connectivity index (χ1v) is 9.71. The minimum atomic E-state index is -4.87. The Balaban J connectivity index is 1.92. The molecule has 1 aromatic heterocycles. The first kappa shape index (κ1) is 20.8. The van der Waals surface area contributed by atoms with Gasteiger partial charge in [-0.15, -0.1) is 0 Å². The van der Waals surface area contributed by atoms with Crippen LogP contribution in [0.4, 0.5) is 18.9 Å². The molecular weight excluding hydrogens is 419 g/mol. The van der Waals surface area contributed by atoms with Gasteiger partial charge in [-0.05, 0) is 41.7 Å². The molecule has 1 aliphatic rings. The van der Waals surface area contributed by atoms with Crippen LogP contribution in [-0.4, -0.2) is 34.2 Å². The molecule has 0 aliphatic heterocycles. The Morgan fingerprint density at radius 3 is 2.67 bits per heavy atom. The number of aromatic nitrogens is 2. The van der Waals surface area contributed by atoms with Crippen molar-refractivity contribution in [2.75, 3.05) is 12.4 Å². The number of benzene rings is 2. The summed E-state index contributed by atoms with van der Waals surface area (Å²) >= 11 is 6.27. The van der Waals surface area contributed by atoms with Gasteiger partial charge in [0.2, 0.25) is 0 Å². The predicted molar refractivity (Wildman–Crippen MR) is 109 cm³/mol. The predicted octanol–water partition coefficient (Wildman–Crippen LogP) is 5.35. The van der Waals surface area contributed by atoms with Crippen molar-refractivity contribution < 1.29 is 23.0 Å². The van der Waals surface area contributed by atoms with Crippen LogP contribution in [0.25, 0.3) is 10.9 Å². The van der Waals surface area contributed by atoms with Crippen LogP contribution in [0, 0.1) is 0 Å². The molecule has 0 fully saturated rings. The zero-order chi connectivity index (χ0) is 21.9. The fourth-order valence-electron chi connectivity index (χ4n) is 4.49. The maximum atomic E-state index is 14.2. The zero-order valence-electron chi connectivity index (χ0n) is 16.6. The van der Waals surface area contributed by atoms with Gasteiger partial charge >= 0.3 is 6.18 Å². The second-order valence-electron chi connectivity index (χ2n) is 8.28. The van der Waals surface area contributed by atoms with Gasteiger partial charge in [0, 0.05) is 16.6 Å². The number of fused-ring (bicyclic) bond motifs is 2. The number of ether oxygens (including phenoxy) is 1. The topological polar surface area (TPSA) is 70.2 Å². The molecule has 0 saturated carbocycles. The number of aliphatic hydroxyl groups is 1. The van der Waals surface area contributed by atoms with Crippen molar-refractivity contribution in [2.24, 2.45) is 0 Å². The van der Waals surface area contributed by atoms with Gasteiger partial charge in [0.25, 0.3) is 0 Å². The third kappa shape index (κ3) is 3.09. The van der Waals surface area contributed by atoms with E-state index in [9.17, 15) is 18.3 Å². The summed E-state index contributed by atoms with van der Waals surface area (Å²) < 4.78 is 48.1. The highest BCUT2D eigenvalue weighted by Crippen LogP contribution is 2.57. The van der Waals surface area contributed by atoms with E-state index in [1.165, 1.54) is 19.2 Å². The molecule has 2 aromatic carbocycles. The Bertz CT molecular complexity index is 1110. The van der Waals surface area contributed by atoms with Crippen molar-refractivity contribution in [3.63, 3.8) is 0 Å². The van der Waals surface area contributed by atoms with E-state index in [0.717, 1.165) is 10.9 Å². The lowest BCUT2D eigenvalue weighted by atomic mass is 9.63. The average Bonchev–Trinajstić information content (AvgIpc) is 3.11. The van der Waals surface area contributed by atoms with Gasteiger partial charge in [0.15, 0.2) is 5.60 Å². The van der Waals surface area contributed by atoms with Gasteiger partial charge in [-0.1, -0.05) is 31.5 Å². The molecule has 9 heteroatoms. The summed E-state index contributed by atoms with van der Waals surface area (Å²) in [5, 5.41) is 21.7. The fourth-order valence-corrected chi connectivity index (χ4v) is 4.73. The average molecular weight is 440 g/mol. The Labute approximate surface area is 176 Å². The van der Waals surface area contributed by atoms with E-state index in [4.69, 9.17) is 16.3 Å². The lowest BCUT2D eigenvalue weighted by molar-refractivity contribution is -0.275. The summed E-state index contributed by atoms with van der Waals surface area (Å²) in [4.78, 5) is 0. The van der Waals surface area contributed by atoms with E-state index < -0.39 is 29.7 Å². The van der Waals surface area contributed by atoms with Gasteiger partial charge in [0.1, 0.15) is 5.75 Å². The van der Waals surface area contributed by atoms with Crippen LogP contribution in [0.1, 0.15) is 37.4 Å². The molecule has 0 radical (unpaired) electrons. The number of rotatable bonds is 3. The SMILES string of the molecule is COc1c(Cl)ccc2c1C(C)(C)C[C@](O)(C(F)(F)F)[C@@H]2Nc1ccc2[nH]ncc2c1. The fraction of sp³-hybridized carbons (Fsp3) is 0.381. The number of anilines is 1. The summed E-state index contributed by atoms with van der Waals surface area (Å²) in [6.07, 6.45) is -3.84. The molecule has 160 valence electrons. The molecule has 0 bridgehead atoms. The molecule has 0 amide bonds. The first-order chi connectivity index (χ1) is 14.0. The highest BCUT2D eigenvalue weighted by Gasteiger charge is 2.64. The molecule has 1 heterocycles. The van der Waals surface area contributed by atoms with Crippen molar-refractivity contribution in [2.45, 2.75) is 43.5 Å². The number of halogens is 4. The lowest BCUT2D eigenvalue weighted by Gasteiger charge is -2.49. The second-order valence-corrected chi connectivity index (χ2v) is 8.68. The third-order valence-corrected chi connectivity index (χ3v) is 6.06. The zero-order valence-corrected chi connectivity index (χ0v) is 17.3. The first-order valence-electron chi connectivity index (χ1n) is 9.33. The number of aromatic amines is 1. The van der Waals surface area contributed by atoms with Crippen LogP contribution in [0.2, 0.25) is 5.02 Å². The van der Waals surface area contributed by atoms with E-state index in [1.54, 1.807) is 38.2 Å². The maximum absolute atomic E-state index is 14.2. The Hall–Kier alpha value is -2.45. The van der Waals surface area contributed by atoms with Gasteiger partial charge in [-0.2, -0.15) is 18.3 Å². The summed E-state index contributed by atoms with van der Waals surface area (Å²) in [5.74, 6) is 0.320. The number of H-pyrrole nitrogens is 1. The standard InChI is InChI=1S/C21H21ClF3N3O2/c1-19(2)10-20(29,21(23,24)25)18(13-5-6-14(22)17(30-3)16(13)19)27-12-4-7-15-11(8-12)9-26-28-15/h4-9,18,27,29H,10H2,1-3H3,(H,26,28)/t18-,20-/m1/s1. The molecule has 0 spiro atoms. The quantitative estimate of drug-likeness (QED) is 0.514. The van der Waals surface area contributed by atoms with Crippen LogP contribution >= 0.6 is 11.6 Å². The Morgan fingerprint density at radius 2 is 2.00 bits per heavy atom. The van der Waals surface area contributed by atoms with E-state index in [-0.39, 0.29) is 0 Å². The van der Waals surface area contributed by atoms with Gasteiger partial charge < -0.3 is 15.2 Å². The summed E-state index contributed by atoms with van der Waals surface area (Å²) in [5.41, 5.74) is -2.02. The van der Waals surface area contributed by atoms with Crippen molar-refractivity contribution in [1.29, 1.82) is 0 Å². The molecule has 3 aromatic rings. The lowest BCUT2D eigenvalue weighted by Crippen LogP contribution is -2.58. The molecule has 0 unspecified atom stereocenters. The van der Waals surface area contributed by atoms with Crippen LogP contribution in [-0.2, 0) is 5.41 Å². The molecular formula is C21H21ClF3N3O2. The minimum Gasteiger partial charge on any atom is -0.495 e. The van der Waals surface area contributed by atoms with Crippen LogP contribution in [0.15, 0.2) is 36.5 Å². The molecule has 2 atom stereocenters. The number of hydrogen-bond donors (Lipinski definition) is 3. The van der Waals surface area contributed by atoms with E-state index in [0.29, 0.717) is 27.6 Å². The normalized spacial score (nSPS) is 23.3. The van der Waals surface area contributed by atoms with Crippen molar-refractivity contribution in [3.05, 3.63) is 52.7 Å². The molecule has 3 N–H and O–H groups in total. The smallest absolute Gasteiger partial charge is 0.419 e. The maximum Gasteiger partial charge on any atom is 0.419 e. The number of nitrogens with one attached hydrogen (secondary N) is 2. The summed E-state index contributed by atoms with van der Waals surface area (Å²) in [6, 6.07) is 6.59. The van der Waals surface area contributed by atoms with Crippen molar-refractivity contribution in [1.82, 2.24) is 10.2 Å². The third-order valence-electron chi connectivity index (χ3n) is 5.76. The highest BCUT2D eigenvalue weighted by molar-refractivity contribution is 6.32. The van der Waals surface area contributed by atoms with Crippen LogP contribution in [0.5, 0.6) is 5.75 Å². The number of alkyl halides is 3. The largest absolute Gasteiger partial charge is 0.495 e. The van der Waals surface area contributed by atoms with Gasteiger partial charge in [-0.3, -0.25) is 5.10 Å². The molecule has 0 saturated heterocycles. The highest BCUT2D eigenvalue weighted by atomic mass is 35.5. The Kier molecular flexibility index (Phi) is 4.70. The van der Waals surface area contributed by atoms with Gasteiger partial charge in [0.05, 0.1) is 29.9 Å². The summed E-state index contributed by atoms with van der Waals surface area (Å²) in [6.45, 7) is 3.30. The van der Waals surface area contributed by atoms with Gasteiger partial charge in [-0.25, -0.2) is 0 Å². The number of methoxy groups -OCH3 is 1. The van der Waals surface area contributed by atoms with E-state index >= 15 is 0 Å². The van der Waals surface area contributed by atoms with E-state index in [2.05, 4.69) is 15.5 Å². The van der Waals surface area contributed by atoms with Crippen molar-refractivity contribution >= 4 is 28.2 Å². The molecule has 30 heavy (non-hydrogen) atoms.